The van der Waals surface area contributed by atoms with E-state index in [-0.39, 0.29) is 12.2 Å². The second-order valence-electron chi connectivity index (χ2n) is 7.77. The highest BCUT2D eigenvalue weighted by Crippen LogP contribution is 2.04. The number of hydrogen-bond donors (Lipinski definition) is 0. The monoisotopic (exact) mass is 532 g/mol. The van der Waals surface area contributed by atoms with Crippen molar-refractivity contribution in [2.45, 2.75) is 37.9 Å². The van der Waals surface area contributed by atoms with Crippen LogP contribution in [0.5, 0.6) is 0 Å². The zero-order chi connectivity index (χ0) is 28.4. The molecule has 216 valence electrons. The van der Waals surface area contributed by atoms with Crippen molar-refractivity contribution in [3.63, 3.8) is 0 Å². The summed E-state index contributed by atoms with van der Waals surface area (Å²) in [5.41, 5.74) is 0. The molecule has 0 heterocycles. The quantitative estimate of drug-likeness (QED) is 0.0836. The summed E-state index contributed by atoms with van der Waals surface area (Å²) in [6.45, 7) is 28.2. The van der Waals surface area contributed by atoms with Gasteiger partial charge in [-0.15, -0.1) is 39.5 Å². The normalized spacial score (nSPS) is 12.4. The van der Waals surface area contributed by atoms with Crippen LogP contribution in [0.4, 0.5) is 0 Å². The third kappa shape index (κ3) is 31.7. The summed E-state index contributed by atoms with van der Waals surface area (Å²) < 4.78 is 32.4. The van der Waals surface area contributed by atoms with Crippen LogP contribution in [0.25, 0.3) is 0 Å². The molecule has 0 bridgehead atoms. The van der Waals surface area contributed by atoms with Crippen molar-refractivity contribution in [1.82, 2.24) is 0 Å². The molecule has 0 aromatic rings. The van der Waals surface area contributed by atoms with Gasteiger partial charge in [-0.1, -0.05) is 60.8 Å². The zero-order valence-corrected chi connectivity index (χ0v) is 23.5. The van der Waals surface area contributed by atoms with E-state index in [1.54, 1.807) is 36.5 Å². The molecule has 2 atom stereocenters. The maximum atomic E-state index is 5.55. The molecule has 0 aromatic carbocycles. The molecule has 0 aromatic heterocycles. The molecular formula is C32H52O6. The molecule has 38 heavy (non-hydrogen) atoms. The predicted octanol–water partition coefficient (Wildman–Crippen LogP) is 6.60. The Bertz CT molecular complexity index is 573. The molecule has 2 unspecified atom stereocenters. The molecule has 0 rings (SSSR count). The highest BCUT2D eigenvalue weighted by Gasteiger charge is 2.05. The fourth-order valence-electron chi connectivity index (χ4n) is 2.64. The lowest BCUT2D eigenvalue weighted by atomic mass is 10.2. The van der Waals surface area contributed by atoms with Gasteiger partial charge in [-0.25, -0.2) is 0 Å². The lowest BCUT2D eigenvalue weighted by Crippen LogP contribution is -2.16. The minimum absolute atomic E-state index is 0.0187. The lowest BCUT2D eigenvalue weighted by molar-refractivity contribution is 0.0384. The van der Waals surface area contributed by atoms with E-state index >= 15 is 0 Å². The predicted molar refractivity (Wildman–Crippen MR) is 161 cm³/mol. The summed E-state index contributed by atoms with van der Waals surface area (Å²) in [6, 6.07) is 0. The summed E-state index contributed by atoms with van der Waals surface area (Å²) in [4.78, 5) is 0. The van der Waals surface area contributed by atoms with Crippen LogP contribution in [0, 0.1) is 0 Å². The number of hydrogen-bond acceptors (Lipinski definition) is 6. The Morgan fingerprint density at radius 3 is 1.18 bits per heavy atom. The van der Waals surface area contributed by atoms with Gasteiger partial charge in [-0.2, -0.15) is 0 Å². The van der Waals surface area contributed by atoms with Crippen LogP contribution in [0.1, 0.15) is 25.7 Å². The first kappa shape index (κ1) is 37.8. The van der Waals surface area contributed by atoms with Crippen LogP contribution >= 0.6 is 0 Å². The van der Waals surface area contributed by atoms with Crippen molar-refractivity contribution < 1.29 is 28.4 Å². The fourth-order valence-corrected chi connectivity index (χ4v) is 2.64. The summed E-state index contributed by atoms with van der Waals surface area (Å²) >= 11 is 0. The molecule has 6 nitrogen and oxygen atoms in total. The van der Waals surface area contributed by atoms with Gasteiger partial charge in [0.05, 0.1) is 65.1 Å². The summed E-state index contributed by atoms with van der Waals surface area (Å²) in [7, 11) is 0. The molecule has 0 aliphatic heterocycles. The van der Waals surface area contributed by atoms with E-state index in [0.717, 1.165) is 38.9 Å². The molecule has 0 aliphatic carbocycles. The second kappa shape index (κ2) is 34.7. The average Bonchev–Trinajstić information content (AvgIpc) is 2.94. The van der Waals surface area contributed by atoms with E-state index in [1.807, 2.05) is 12.2 Å². The van der Waals surface area contributed by atoms with Gasteiger partial charge in [0.2, 0.25) is 0 Å². The van der Waals surface area contributed by atoms with Crippen molar-refractivity contribution in [3.05, 3.63) is 100 Å². The molecule has 0 N–H and O–H groups in total. The van der Waals surface area contributed by atoms with Crippen molar-refractivity contribution in [2.75, 3.05) is 66.1 Å². The molecule has 0 spiro atoms. The first-order valence-corrected chi connectivity index (χ1v) is 13.2. The maximum Gasteiger partial charge on any atom is 0.0779 e. The standard InChI is InChI=1S/2C16H26O3/c1-5-11-18-15(7-3)9-13-17-14-10-16(8-4)19-12-6-2;1-3-11-17-13-7-5-9-15-19-16-10-6-8-14-18-12-4-2/h5-8,15-16H,1-4,9-14H2;3-8H,1-2,9-16H2/b;7-5-,8-6+. The van der Waals surface area contributed by atoms with E-state index in [0.29, 0.717) is 52.9 Å². The lowest BCUT2D eigenvalue weighted by Gasteiger charge is -2.14. The van der Waals surface area contributed by atoms with E-state index < -0.39 is 0 Å². The third-order valence-electron chi connectivity index (χ3n) is 4.57. The Hall–Kier alpha value is -2.32. The Balaban J connectivity index is 0. The van der Waals surface area contributed by atoms with E-state index in [9.17, 15) is 0 Å². The first-order valence-electron chi connectivity index (χ1n) is 13.2. The van der Waals surface area contributed by atoms with Crippen molar-refractivity contribution in [1.29, 1.82) is 0 Å². The zero-order valence-electron chi connectivity index (χ0n) is 23.5. The highest BCUT2D eigenvalue weighted by atomic mass is 16.5. The summed E-state index contributed by atoms with van der Waals surface area (Å²) in [5.74, 6) is 0. The van der Waals surface area contributed by atoms with Crippen molar-refractivity contribution in [3.8, 4) is 0 Å². The maximum absolute atomic E-state index is 5.55. The Labute approximate surface area is 232 Å². The molecule has 0 saturated carbocycles. The van der Waals surface area contributed by atoms with Gasteiger partial charge >= 0.3 is 0 Å². The van der Waals surface area contributed by atoms with E-state index in [2.05, 4.69) is 51.6 Å². The number of ether oxygens (including phenoxy) is 6. The van der Waals surface area contributed by atoms with E-state index in [4.69, 9.17) is 28.4 Å². The SMILES string of the molecule is C=CCOC(C=C)CCOCCC(C=C)OCC=C.C=CCOC/C=C\CCOCC/C=C/COCC=C. The van der Waals surface area contributed by atoms with Gasteiger partial charge in [0.1, 0.15) is 0 Å². The minimum atomic E-state index is 0.0187. The van der Waals surface area contributed by atoms with Crippen LogP contribution in [-0.4, -0.2) is 78.3 Å². The third-order valence-corrected chi connectivity index (χ3v) is 4.57. The van der Waals surface area contributed by atoms with Crippen LogP contribution < -0.4 is 0 Å². The van der Waals surface area contributed by atoms with Crippen molar-refractivity contribution in [2.24, 2.45) is 0 Å². The molecular weight excluding hydrogens is 480 g/mol. The minimum Gasteiger partial charge on any atom is -0.381 e. The second-order valence-corrected chi connectivity index (χ2v) is 7.77. The van der Waals surface area contributed by atoms with Gasteiger partial charge in [0.25, 0.3) is 0 Å². The topological polar surface area (TPSA) is 55.4 Å². The summed E-state index contributed by atoms with van der Waals surface area (Å²) in [5, 5.41) is 0. The fraction of sp³-hybridized carbons (Fsp3) is 0.500. The van der Waals surface area contributed by atoms with Gasteiger partial charge in [0.15, 0.2) is 0 Å². The van der Waals surface area contributed by atoms with Crippen LogP contribution in [0.2, 0.25) is 0 Å². The summed E-state index contributed by atoms with van der Waals surface area (Å²) in [6.07, 6.45) is 22.1. The smallest absolute Gasteiger partial charge is 0.0779 e. The molecule has 0 fully saturated rings. The van der Waals surface area contributed by atoms with Crippen LogP contribution in [0.15, 0.2) is 100 Å². The average molecular weight is 533 g/mol. The first-order chi connectivity index (χ1) is 18.7. The van der Waals surface area contributed by atoms with E-state index in [1.165, 1.54) is 0 Å². The van der Waals surface area contributed by atoms with Gasteiger partial charge < -0.3 is 28.4 Å². The highest BCUT2D eigenvalue weighted by molar-refractivity contribution is 4.84. The number of rotatable bonds is 28. The molecule has 0 radical (unpaired) electrons. The van der Waals surface area contributed by atoms with Gasteiger partial charge in [0, 0.05) is 26.1 Å². The van der Waals surface area contributed by atoms with Crippen molar-refractivity contribution >= 4 is 0 Å². The molecule has 6 heteroatoms. The molecule has 0 aliphatic rings. The Kier molecular flexibility index (Phi) is 34.5. The largest absolute Gasteiger partial charge is 0.381 e. The van der Waals surface area contributed by atoms with Gasteiger partial charge in [-0.3, -0.25) is 0 Å². The Morgan fingerprint density at radius 2 is 0.816 bits per heavy atom. The van der Waals surface area contributed by atoms with Crippen LogP contribution in [0.3, 0.4) is 0 Å². The molecule has 0 amide bonds. The van der Waals surface area contributed by atoms with Crippen LogP contribution in [-0.2, 0) is 28.4 Å². The van der Waals surface area contributed by atoms with Gasteiger partial charge in [-0.05, 0) is 12.8 Å². The molecule has 0 saturated heterocycles. The Morgan fingerprint density at radius 1 is 0.421 bits per heavy atom.